The highest BCUT2D eigenvalue weighted by molar-refractivity contribution is 7.20. The molecule has 0 aliphatic carbocycles. The summed E-state index contributed by atoms with van der Waals surface area (Å²) in [5, 5.41) is 6.61. The zero-order valence-corrected chi connectivity index (χ0v) is 15.0. The summed E-state index contributed by atoms with van der Waals surface area (Å²) in [5.74, 6) is -0.275. The maximum atomic E-state index is 12.8. The van der Waals surface area contributed by atoms with Gasteiger partial charge in [0, 0.05) is 18.5 Å². The van der Waals surface area contributed by atoms with Gasteiger partial charge in [-0.15, -0.1) is 23.7 Å². The van der Waals surface area contributed by atoms with Gasteiger partial charge in [-0.3, -0.25) is 4.79 Å². The fraction of sp³-hybridized carbons (Fsp3) is 0.375. The molecule has 2 aromatic heterocycles. The highest BCUT2D eigenvalue weighted by atomic mass is 35.5. The minimum atomic E-state index is -4.49. The third-order valence-electron chi connectivity index (χ3n) is 3.93. The number of aryl methyl sites for hydroxylation is 1. The Morgan fingerprint density at radius 3 is 2.80 bits per heavy atom. The highest BCUT2D eigenvalue weighted by Gasteiger charge is 2.33. The van der Waals surface area contributed by atoms with E-state index < -0.39 is 11.9 Å². The van der Waals surface area contributed by atoms with Crippen LogP contribution in [0.5, 0.6) is 0 Å². The molecular weight excluding hydrogens is 375 g/mol. The molecule has 0 fully saturated rings. The Morgan fingerprint density at radius 1 is 1.40 bits per heavy atom. The van der Waals surface area contributed by atoms with Crippen molar-refractivity contribution in [1.29, 1.82) is 0 Å². The Bertz CT molecular complexity index is 817. The molecule has 25 heavy (non-hydrogen) atoms. The Kier molecular flexibility index (Phi) is 6.08. The lowest BCUT2D eigenvalue weighted by atomic mass is 10.1. The number of fused-ring (bicyclic) bond motifs is 1. The number of alkyl halides is 3. The Labute approximate surface area is 152 Å². The zero-order valence-electron chi connectivity index (χ0n) is 13.4. The molecule has 0 bridgehead atoms. The lowest BCUT2D eigenvalue weighted by molar-refractivity contribution is -0.140. The Balaban J connectivity index is 0.00000225. The van der Waals surface area contributed by atoms with Crippen LogP contribution in [0.4, 0.5) is 13.2 Å². The van der Waals surface area contributed by atoms with Gasteiger partial charge in [0.1, 0.15) is 10.5 Å². The lowest BCUT2D eigenvalue weighted by Crippen LogP contribution is -2.29. The summed E-state index contributed by atoms with van der Waals surface area (Å²) in [5.41, 5.74) is 0.870. The second kappa shape index (κ2) is 7.72. The van der Waals surface area contributed by atoms with Gasteiger partial charge >= 0.3 is 6.18 Å². The molecule has 4 nitrogen and oxygen atoms in total. The largest absolute Gasteiger partial charge is 0.433 e. The van der Waals surface area contributed by atoms with E-state index in [4.69, 9.17) is 0 Å². The van der Waals surface area contributed by atoms with Gasteiger partial charge in [0.2, 0.25) is 0 Å². The molecule has 1 amide bonds. The maximum absolute atomic E-state index is 12.8. The van der Waals surface area contributed by atoms with Crippen LogP contribution >= 0.6 is 23.7 Å². The van der Waals surface area contributed by atoms with Crippen LogP contribution in [0.1, 0.15) is 27.3 Å². The number of aromatic nitrogens is 1. The molecular formula is C16H17ClF3N3OS. The summed E-state index contributed by atoms with van der Waals surface area (Å²) < 4.78 is 38.3. The van der Waals surface area contributed by atoms with Gasteiger partial charge in [-0.1, -0.05) is 11.6 Å². The summed E-state index contributed by atoms with van der Waals surface area (Å²) in [7, 11) is 0. The van der Waals surface area contributed by atoms with Gasteiger partial charge in [-0.05, 0) is 37.6 Å². The first-order valence-corrected chi connectivity index (χ1v) is 8.32. The maximum Gasteiger partial charge on any atom is 0.433 e. The number of amides is 1. The van der Waals surface area contributed by atoms with E-state index in [0.29, 0.717) is 22.4 Å². The molecule has 0 radical (unpaired) electrons. The molecule has 1 aliphatic heterocycles. The SMILES string of the molecule is Cc1c(C(=O)NCC2=CCNCC2)sc2nc(C(F)(F)F)ccc12.Cl. The Morgan fingerprint density at radius 2 is 2.16 bits per heavy atom. The molecule has 1 aliphatic rings. The van der Waals surface area contributed by atoms with E-state index in [1.807, 2.05) is 6.08 Å². The summed E-state index contributed by atoms with van der Waals surface area (Å²) in [6, 6.07) is 2.33. The first-order chi connectivity index (χ1) is 11.4. The van der Waals surface area contributed by atoms with Crippen molar-refractivity contribution in [3.05, 3.63) is 39.9 Å². The average Bonchev–Trinajstić information content (AvgIpc) is 2.89. The highest BCUT2D eigenvalue weighted by Crippen LogP contribution is 2.34. The van der Waals surface area contributed by atoms with E-state index in [-0.39, 0.29) is 23.1 Å². The van der Waals surface area contributed by atoms with E-state index in [0.717, 1.165) is 42.5 Å². The number of hydrogen-bond donors (Lipinski definition) is 2. The molecule has 3 heterocycles. The minimum Gasteiger partial charge on any atom is -0.348 e. The zero-order chi connectivity index (χ0) is 17.3. The standard InChI is InChI=1S/C16H16F3N3OS.ClH/c1-9-11-2-3-12(16(17,18)19)22-15(11)24-13(9)14(23)21-8-10-4-6-20-7-5-10;/h2-4,20H,5-8H2,1H3,(H,21,23);1H. The molecule has 2 N–H and O–H groups in total. The normalized spacial score (nSPS) is 14.8. The van der Waals surface area contributed by atoms with Gasteiger partial charge in [0.05, 0.1) is 4.88 Å². The second-order valence-electron chi connectivity index (χ2n) is 5.60. The van der Waals surface area contributed by atoms with Gasteiger partial charge in [-0.2, -0.15) is 13.2 Å². The van der Waals surface area contributed by atoms with E-state index >= 15 is 0 Å². The van der Waals surface area contributed by atoms with Gasteiger partial charge < -0.3 is 10.6 Å². The molecule has 0 aromatic carbocycles. The molecule has 0 unspecified atom stereocenters. The third kappa shape index (κ3) is 4.31. The number of thiophene rings is 1. The smallest absolute Gasteiger partial charge is 0.348 e. The first-order valence-electron chi connectivity index (χ1n) is 7.50. The predicted molar refractivity (Wildman–Crippen MR) is 94.5 cm³/mol. The number of nitrogens with zero attached hydrogens (tertiary/aromatic N) is 1. The number of carbonyl (C=O) groups excluding carboxylic acids is 1. The topological polar surface area (TPSA) is 54.0 Å². The van der Waals surface area contributed by atoms with Crippen molar-refractivity contribution in [3.8, 4) is 0 Å². The van der Waals surface area contributed by atoms with Crippen molar-refractivity contribution in [1.82, 2.24) is 15.6 Å². The fourth-order valence-electron chi connectivity index (χ4n) is 2.58. The number of halogens is 4. The molecule has 0 spiro atoms. The van der Waals surface area contributed by atoms with Crippen LogP contribution in [0.3, 0.4) is 0 Å². The van der Waals surface area contributed by atoms with Crippen LogP contribution in [0.2, 0.25) is 0 Å². The third-order valence-corrected chi connectivity index (χ3v) is 5.13. The summed E-state index contributed by atoms with van der Waals surface area (Å²) in [6.07, 6.45) is -1.57. The summed E-state index contributed by atoms with van der Waals surface area (Å²) >= 11 is 0.994. The average molecular weight is 392 g/mol. The fourth-order valence-corrected chi connectivity index (χ4v) is 3.67. The van der Waals surface area contributed by atoms with Crippen LogP contribution in [0.15, 0.2) is 23.8 Å². The number of pyridine rings is 1. The molecule has 9 heteroatoms. The van der Waals surface area contributed by atoms with Crippen LogP contribution in [0, 0.1) is 6.92 Å². The lowest BCUT2D eigenvalue weighted by Gasteiger charge is -2.14. The summed E-state index contributed by atoms with van der Waals surface area (Å²) in [4.78, 5) is 16.7. The molecule has 0 saturated carbocycles. The molecule has 0 saturated heterocycles. The first kappa shape index (κ1) is 19.7. The van der Waals surface area contributed by atoms with Crippen LogP contribution in [-0.2, 0) is 6.18 Å². The number of hydrogen-bond acceptors (Lipinski definition) is 4. The number of carbonyl (C=O) groups is 1. The van der Waals surface area contributed by atoms with Crippen molar-refractivity contribution in [3.63, 3.8) is 0 Å². The van der Waals surface area contributed by atoms with E-state index in [9.17, 15) is 18.0 Å². The van der Waals surface area contributed by atoms with Crippen LogP contribution in [0.25, 0.3) is 10.2 Å². The quantitative estimate of drug-likeness (QED) is 0.784. The van der Waals surface area contributed by atoms with Crippen molar-refractivity contribution in [2.45, 2.75) is 19.5 Å². The van der Waals surface area contributed by atoms with Crippen molar-refractivity contribution >= 4 is 39.9 Å². The van der Waals surface area contributed by atoms with E-state index in [1.165, 1.54) is 6.07 Å². The van der Waals surface area contributed by atoms with Gasteiger partial charge in [-0.25, -0.2) is 4.98 Å². The number of nitrogens with one attached hydrogen (secondary N) is 2. The number of rotatable bonds is 3. The molecule has 136 valence electrons. The van der Waals surface area contributed by atoms with Crippen molar-refractivity contribution < 1.29 is 18.0 Å². The van der Waals surface area contributed by atoms with Crippen LogP contribution < -0.4 is 10.6 Å². The Hall–Kier alpha value is -1.64. The van der Waals surface area contributed by atoms with Gasteiger partial charge in [0.15, 0.2) is 0 Å². The van der Waals surface area contributed by atoms with Gasteiger partial charge in [0.25, 0.3) is 5.91 Å². The van der Waals surface area contributed by atoms with Crippen molar-refractivity contribution in [2.75, 3.05) is 19.6 Å². The van der Waals surface area contributed by atoms with E-state index in [1.54, 1.807) is 6.92 Å². The second-order valence-corrected chi connectivity index (χ2v) is 6.60. The molecule has 0 atom stereocenters. The van der Waals surface area contributed by atoms with Crippen LogP contribution in [-0.4, -0.2) is 30.5 Å². The van der Waals surface area contributed by atoms with E-state index in [2.05, 4.69) is 15.6 Å². The predicted octanol–water partition coefficient (Wildman–Crippen LogP) is 3.69. The van der Waals surface area contributed by atoms with Crippen molar-refractivity contribution in [2.24, 2.45) is 0 Å². The molecule has 2 aromatic rings. The minimum absolute atomic E-state index is 0. The molecule has 3 rings (SSSR count). The monoisotopic (exact) mass is 391 g/mol. The summed E-state index contributed by atoms with van der Waals surface area (Å²) in [6.45, 7) is 3.85.